The van der Waals surface area contributed by atoms with E-state index < -0.39 is 0 Å². The molecule has 0 radical (unpaired) electrons. The van der Waals surface area contributed by atoms with Crippen molar-refractivity contribution in [1.82, 2.24) is 4.98 Å². The average Bonchev–Trinajstić information content (AvgIpc) is 3.02. The molecular formula is C15H16N2OS. The predicted molar refractivity (Wildman–Crippen MR) is 78.6 cm³/mol. The lowest BCUT2D eigenvalue weighted by Crippen LogP contribution is -2.12. The van der Waals surface area contributed by atoms with Crippen molar-refractivity contribution in [3.05, 3.63) is 40.4 Å². The van der Waals surface area contributed by atoms with Gasteiger partial charge in [0.25, 0.3) is 0 Å². The highest BCUT2D eigenvalue weighted by Gasteiger charge is 2.23. The van der Waals surface area contributed by atoms with Crippen LogP contribution in [0.15, 0.2) is 24.3 Å². The second-order valence-electron chi connectivity index (χ2n) is 4.71. The fourth-order valence-corrected chi connectivity index (χ4v) is 3.48. The number of hydrogen-bond acceptors (Lipinski definition) is 4. The van der Waals surface area contributed by atoms with Crippen molar-refractivity contribution in [1.29, 1.82) is 0 Å². The predicted octanol–water partition coefficient (Wildman–Crippen LogP) is 3.60. The molecule has 0 fully saturated rings. The van der Waals surface area contributed by atoms with E-state index in [1.807, 2.05) is 0 Å². The quantitative estimate of drug-likeness (QED) is 0.797. The Morgan fingerprint density at radius 2 is 2.26 bits per heavy atom. The Morgan fingerprint density at radius 3 is 3.05 bits per heavy atom. The zero-order valence-electron chi connectivity index (χ0n) is 10.9. The largest absolute Gasteiger partial charge is 0.317 e. The molecule has 1 aliphatic heterocycles. The molecule has 2 heterocycles. The van der Waals surface area contributed by atoms with Crippen molar-refractivity contribution < 1.29 is 4.79 Å². The molecule has 2 aromatic rings. The third-order valence-corrected chi connectivity index (χ3v) is 4.47. The molecule has 3 rings (SSSR count). The normalized spacial score (nSPS) is 13.6. The first-order valence-corrected chi connectivity index (χ1v) is 7.45. The monoisotopic (exact) mass is 272 g/mol. The molecule has 0 unspecified atom stereocenters. The Kier molecular flexibility index (Phi) is 3.34. The molecule has 0 N–H and O–H groups in total. The van der Waals surface area contributed by atoms with Crippen molar-refractivity contribution in [2.75, 3.05) is 11.4 Å². The van der Waals surface area contributed by atoms with Crippen molar-refractivity contribution in [3.63, 3.8) is 0 Å². The summed E-state index contributed by atoms with van der Waals surface area (Å²) in [6.07, 6.45) is 3.88. The number of carbonyl (C=O) groups excluding carboxylic acids is 1. The number of para-hydroxylation sites is 1. The number of aromatic nitrogens is 1. The highest BCUT2D eigenvalue weighted by molar-refractivity contribution is 7.17. The maximum atomic E-state index is 11.1. The van der Waals surface area contributed by atoms with Crippen molar-refractivity contribution in [2.24, 2.45) is 0 Å². The van der Waals surface area contributed by atoms with E-state index >= 15 is 0 Å². The van der Waals surface area contributed by atoms with Gasteiger partial charge in [-0.25, -0.2) is 4.98 Å². The van der Waals surface area contributed by atoms with Gasteiger partial charge in [0.1, 0.15) is 0 Å². The lowest BCUT2D eigenvalue weighted by atomic mass is 10.2. The van der Waals surface area contributed by atoms with E-state index in [-0.39, 0.29) is 0 Å². The summed E-state index contributed by atoms with van der Waals surface area (Å²) in [6.45, 7) is 3.06. The van der Waals surface area contributed by atoms with E-state index in [0.29, 0.717) is 0 Å². The van der Waals surface area contributed by atoms with Crippen LogP contribution in [-0.4, -0.2) is 17.8 Å². The van der Waals surface area contributed by atoms with E-state index in [9.17, 15) is 4.79 Å². The first kappa shape index (κ1) is 12.4. The third-order valence-electron chi connectivity index (χ3n) is 3.43. The number of carbonyl (C=O) groups is 1. The number of aldehydes is 1. The molecule has 1 aliphatic rings. The van der Waals surface area contributed by atoms with Crippen molar-refractivity contribution >= 4 is 28.4 Å². The highest BCUT2D eigenvalue weighted by atomic mass is 32.1. The molecule has 0 aliphatic carbocycles. The van der Waals surface area contributed by atoms with Gasteiger partial charge in [-0.15, -0.1) is 0 Å². The maximum Gasteiger partial charge on any atom is 0.190 e. The minimum absolute atomic E-state index is 0.779. The molecule has 3 nitrogen and oxygen atoms in total. The molecule has 0 bridgehead atoms. The van der Waals surface area contributed by atoms with Gasteiger partial charge in [-0.1, -0.05) is 42.9 Å². The minimum atomic E-state index is 0.779. The Hall–Kier alpha value is -1.68. The van der Waals surface area contributed by atoms with Gasteiger partial charge in [-0.2, -0.15) is 0 Å². The van der Waals surface area contributed by atoms with Gasteiger partial charge in [-0.05, 0) is 24.5 Å². The van der Waals surface area contributed by atoms with Gasteiger partial charge in [0.05, 0.1) is 10.6 Å². The molecule has 98 valence electrons. The molecule has 4 heteroatoms. The molecule has 0 spiro atoms. The van der Waals surface area contributed by atoms with Gasteiger partial charge in [0, 0.05) is 12.2 Å². The van der Waals surface area contributed by atoms with Gasteiger partial charge in [0.2, 0.25) is 0 Å². The molecule has 1 aromatic heterocycles. The first-order chi connectivity index (χ1) is 9.33. The number of hydrogen-bond donors (Lipinski definition) is 0. The van der Waals surface area contributed by atoms with Crippen LogP contribution in [0.1, 0.15) is 34.3 Å². The number of anilines is 2. The topological polar surface area (TPSA) is 33.2 Å². The molecular weight excluding hydrogens is 256 g/mol. The van der Waals surface area contributed by atoms with Crippen molar-refractivity contribution in [3.8, 4) is 0 Å². The van der Waals surface area contributed by atoms with Crippen LogP contribution in [0.25, 0.3) is 0 Å². The fraction of sp³-hybridized carbons (Fsp3) is 0.333. The van der Waals surface area contributed by atoms with E-state index in [1.165, 1.54) is 22.6 Å². The molecule has 0 saturated carbocycles. The number of benzene rings is 1. The standard InChI is InChI=1S/C15H16N2OS/c1-2-5-12-14(10-18)19-15(16-12)17-9-8-11-6-3-4-7-13(11)17/h3-4,6-7,10H,2,5,8-9H2,1H3. The smallest absolute Gasteiger partial charge is 0.190 e. The van der Waals surface area contributed by atoms with Gasteiger partial charge in [-0.3, -0.25) is 4.79 Å². The molecule has 0 saturated heterocycles. The summed E-state index contributed by atoms with van der Waals surface area (Å²) >= 11 is 1.51. The zero-order chi connectivity index (χ0) is 13.2. The number of aryl methyl sites for hydroxylation is 1. The van der Waals surface area contributed by atoms with Crippen LogP contribution in [0.2, 0.25) is 0 Å². The molecule has 0 amide bonds. The summed E-state index contributed by atoms with van der Waals surface area (Å²) in [4.78, 5) is 18.8. The third kappa shape index (κ3) is 2.16. The SMILES string of the molecule is CCCc1nc(N2CCc3ccccc32)sc1C=O. The number of nitrogens with zero attached hydrogens (tertiary/aromatic N) is 2. The molecule has 1 aromatic carbocycles. The van der Waals surface area contributed by atoms with Crippen LogP contribution >= 0.6 is 11.3 Å². The number of rotatable bonds is 4. The molecule has 0 atom stereocenters. The summed E-state index contributed by atoms with van der Waals surface area (Å²) in [7, 11) is 0. The van der Waals surface area contributed by atoms with Gasteiger partial charge in [0.15, 0.2) is 11.4 Å². The highest BCUT2D eigenvalue weighted by Crippen LogP contribution is 2.37. The van der Waals surface area contributed by atoms with Gasteiger partial charge < -0.3 is 4.90 Å². The number of thiazole rings is 1. The Labute approximate surface area is 116 Å². The number of fused-ring (bicyclic) bond motifs is 1. The van der Waals surface area contributed by atoms with Gasteiger partial charge >= 0.3 is 0 Å². The first-order valence-electron chi connectivity index (χ1n) is 6.63. The Balaban J connectivity index is 1.98. The lowest BCUT2D eigenvalue weighted by Gasteiger charge is -2.15. The van der Waals surface area contributed by atoms with E-state index in [4.69, 9.17) is 0 Å². The van der Waals surface area contributed by atoms with E-state index in [2.05, 4.69) is 41.1 Å². The lowest BCUT2D eigenvalue weighted by molar-refractivity contribution is 0.112. The Bertz CT molecular complexity index is 606. The second-order valence-corrected chi connectivity index (χ2v) is 5.71. The summed E-state index contributed by atoms with van der Waals surface area (Å²) in [5.74, 6) is 0. The Morgan fingerprint density at radius 1 is 1.42 bits per heavy atom. The van der Waals surface area contributed by atoms with E-state index in [0.717, 1.165) is 47.8 Å². The van der Waals surface area contributed by atoms with Crippen LogP contribution in [0, 0.1) is 0 Å². The minimum Gasteiger partial charge on any atom is -0.317 e. The zero-order valence-corrected chi connectivity index (χ0v) is 11.7. The molecule has 19 heavy (non-hydrogen) atoms. The average molecular weight is 272 g/mol. The van der Waals surface area contributed by atoms with E-state index in [1.54, 1.807) is 0 Å². The van der Waals surface area contributed by atoms with Crippen LogP contribution in [0.5, 0.6) is 0 Å². The van der Waals surface area contributed by atoms with Crippen LogP contribution < -0.4 is 4.90 Å². The van der Waals surface area contributed by atoms with Crippen molar-refractivity contribution in [2.45, 2.75) is 26.2 Å². The van der Waals surface area contributed by atoms with Crippen LogP contribution in [0.4, 0.5) is 10.8 Å². The fourth-order valence-electron chi connectivity index (χ4n) is 2.51. The maximum absolute atomic E-state index is 11.1. The summed E-state index contributed by atoms with van der Waals surface area (Å²) < 4.78 is 0. The summed E-state index contributed by atoms with van der Waals surface area (Å²) in [6, 6.07) is 8.42. The second kappa shape index (κ2) is 5.13. The summed E-state index contributed by atoms with van der Waals surface area (Å²) in [5.41, 5.74) is 3.54. The van der Waals surface area contributed by atoms with Crippen LogP contribution in [-0.2, 0) is 12.8 Å². The van der Waals surface area contributed by atoms with Crippen LogP contribution in [0.3, 0.4) is 0 Å². The summed E-state index contributed by atoms with van der Waals surface area (Å²) in [5, 5.41) is 0.954.